The third-order valence-electron chi connectivity index (χ3n) is 1.75. The fourth-order valence-electron chi connectivity index (χ4n) is 1.16. The quantitative estimate of drug-likeness (QED) is 0.574. The lowest BCUT2D eigenvalue weighted by molar-refractivity contribution is 1.15. The smallest absolute Gasteiger partial charge is 0.00974 e. The molecule has 57 valence electrons. The lowest BCUT2D eigenvalue weighted by Gasteiger charge is -2.03. The normalized spacial score (nSPS) is 9.55. The van der Waals surface area contributed by atoms with Gasteiger partial charge < -0.3 is 0 Å². The van der Waals surface area contributed by atoms with Crippen LogP contribution in [0.25, 0.3) is 0 Å². The molecule has 0 heterocycles. The van der Waals surface area contributed by atoms with Gasteiger partial charge >= 0.3 is 0 Å². The molecule has 0 saturated carbocycles. The molecule has 0 amide bonds. The molecule has 0 spiro atoms. The van der Waals surface area contributed by atoms with Gasteiger partial charge in [-0.15, -0.1) is 6.58 Å². The molecule has 0 aliphatic carbocycles. The molecule has 1 rings (SSSR count). The first-order chi connectivity index (χ1) is 5.38. The van der Waals surface area contributed by atoms with E-state index in [4.69, 9.17) is 0 Å². The maximum absolute atomic E-state index is 3.86. The largest absolute Gasteiger partial charge is 0.103 e. The molecule has 0 aromatic heterocycles. The Labute approximate surface area is 68.6 Å². The highest BCUT2D eigenvalue weighted by Gasteiger charge is 1.95. The molecule has 1 aromatic carbocycles. The summed E-state index contributed by atoms with van der Waals surface area (Å²) >= 11 is 0. The van der Waals surface area contributed by atoms with E-state index in [0.717, 1.165) is 12.8 Å². The first kappa shape index (κ1) is 8.06. The second kappa shape index (κ2) is 3.97. The molecule has 0 fully saturated rings. The Kier molecular flexibility index (Phi) is 2.91. The summed E-state index contributed by atoms with van der Waals surface area (Å²) in [6.07, 6.45) is 3.74. The number of benzene rings is 1. The van der Waals surface area contributed by atoms with E-state index in [2.05, 4.69) is 31.7 Å². The minimum Gasteiger partial charge on any atom is -0.103 e. The molecule has 0 nitrogen and oxygen atoms in total. The maximum atomic E-state index is 3.86. The van der Waals surface area contributed by atoms with E-state index in [1.807, 2.05) is 12.1 Å². The predicted molar refractivity (Wildman–Crippen MR) is 49.4 cm³/mol. The Morgan fingerprint density at radius 2 is 1.82 bits per heavy atom. The van der Waals surface area contributed by atoms with Crippen LogP contribution in [0.3, 0.4) is 0 Å². The monoisotopic (exact) mass is 145 g/mol. The average molecular weight is 145 g/mol. The molecule has 1 radical (unpaired) electrons. The summed E-state index contributed by atoms with van der Waals surface area (Å²) in [4.78, 5) is 0. The molecule has 0 aliphatic rings. The van der Waals surface area contributed by atoms with Crippen LogP contribution in [0.1, 0.15) is 11.1 Å². The maximum Gasteiger partial charge on any atom is -0.00974 e. The van der Waals surface area contributed by atoms with Gasteiger partial charge in [-0.05, 0) is 30.9 Å². The molecule has 0 bridgehead atoms. The standard InChI is InChI=1S/C11H13/c1-3-7-11-9-6-5-8-10(11)4-2/h3,5-6,8-9H,1-2,4,7H2. The fourth-order valence-corrected chi connectivity index (χ4v) is 1.16. The van der Waals surface area contributed by atoms with Crippen molar-refractivity contribution in [3.8, 4) is 0 Å². The molecule has 0 N–H and O–H groups in total. The van der Waals surface area contributed by atoms with Gasteiger partial charge in [-0.1, -0.05) is 30.3 Å². The zero-order chi connectivity index (χ0) is 8.10. The van der Waals surface area contributed by atoms with Crippen molar-refractivity contribution in [3.05, 3.63) is 55.0 Å². The fraction of sp³-hybridized carbons (Fsp3) is 0.182. The van der Waals surface area contributed by atoms with Crippen molar-refractivity contribution >= 4 is 0 Å². The van der Waals surface area contributed by atoms with Gasteiger partial charge in [0.1, 0.15) is 0 Å². The Balaban J connectivity index is 2.92. The third-order valence-corrected chi connectivity index (χ3v) is 1.75. The second-order valence-electron chi connectivity index (χ2n) is 2.51. The summed E-state index contributed by atoms with van der Waals surface area (Å²) < 4.78 is 0. The highest BCUT2D eigenvalue weighted by atomic mass is 14.0. The van der Waals surface area contributed by atoms with E-state index in [0.29, 0.717) is 0 Å². The highest BCUT2D eigenvalue weighted by molar-refractivity contribution is 5.29. The first-order valence-corrected chi connectivity index (χ1v) is 3.85. The Hall–Kier alpha value is -1.04. The number of allylic oxidation sites excluding steroid dienone is 1. The van der Waals surface area contributed by atoms with Gasteiger partial charge in [0.25, 0.3) is 0 Å². The second-order valence-corrected chi connectivity index (χ2v) is 2.51. The summed E-state index contributed by atoms with van der Waals surface area (Å²) in [5.74, 6) is 0. The topological polar surface area (TPSA) is 0 Å². The van der Waals surface area contributed by atoms with E-state index in [1.165, 1.54) is 11.1 Å². The van der Waals surface area contributed by atoms with Crippen LogP contribution >= 0.6 is 0 Å². The number of rotatable bonds is 3. The van der Waals surface area contributed by atoms with Crippen molar-refractivity contribution in [2.45, 2.75) is 12.8 Å². The van der Waals surface area contributed by atoms with E-state index in [-0.39, 0.29) is 0 Å². The molecular formula is C11H13. The first-order valence-electron chi connectivity index (χ1n) is 3.85. The van der Waals surface area contributed by atoms with Crippen LogP contribution in [-0.2, 0) is 12.8 Å². The van der Waals surface area contributed by atoms with Crippen LogP contribution in [-0.4, -0.2) is 0 Å². The Morgan fingerprint density at radius 1 is 1.18 bits per heavy atom. The van der Waals surface area contributed by atoms with Crippen LogP contribution in [0.2, 0.25) is 0 Å². The van der Waals surface area contributed by atoms with Crippen molar-refractivity contribution in [3.63, 3.8) is 0 Å². The van der Waals surface area contributed by atoms with Crippen LogP contribution in [0.15, 0.2) is 36.9 Å². The van der Waals surface area contributed by atoms with E-state index < -0.39 is 0 Å². The van der Waals surface area contributed by atoms with Crippen molar-refractivity contribution < 1.29 is 0 Å². The van der Waals surface area contributed by atoms with Crippen molar-refractivity contribution in [2.75, 3.05) is 0 Å². The molecule has 0 atom stereocenters. The molecular weight excluding hydrogens is 132 g/mol. The van der Waals surface area contributed by atoms with Gasteiger partial charge in [-0.3, -0.25) is 0 Å². The van der Waals surface area contributed by atoms with Gasteiger partial charge in [-0.25, -0.2) is 0 Å². The van der Waals surface area contributed by atoms with Crippen molar-refractivity contribution in [1.82, 2.24) is 0 Å². The van der Waals surface area contributed by atoms with E-state index in [9.17, 15) is 0 Å². The third kappa shape index (κ3) is 1.94. The number of hydrogen-bond acceptors (Lipinski definition) is 0. The van der Waals surface area contributed by atoms with Crippen molar-refractivity contribution in [2.24, 2.45) is 0 Å². The van der Waals surface area contributed by atoms with E-state index >= 15 is 0 Å². The molecule has 0 heteroatoms. The van der Waals surface area contributed by atoms with E-state index in [1.54, 1.807) is 0 Å². The SMILES string of the molecule is [CH2]Cc1ccccc1CC=C. The molecule has 0 unspecified atom stereocenters. The molecule has 0 aliphatic heterocycles. The summed E-state index contributed by atoms with van der Waals surface area (Å²) in [6.45, 7) is 7.58. The van der Waals surface area contributed by atoms with Gasteiger partial charge in [0.2, 0.25) is 0 Å². The lowest BCUT2D eigenvalue weighted by atomic mass is 10.0. The van der Waals surface area contributed by atoms with Gasteiger partial charge in [0.05, 0.1) is 0 Å². The van der Waals surface area contributed by atoms with Crippen LogP contribution in [0, 0.1) is 6.92 Å². The lowest BCUT2D eigenvalue weighted by Crippen LogP contribution is -1.89. The Bertz CT molecular complexity index is 236. The van der Waals surface area contributed by atoms with Crippen molar-refractivity contribution in [1.29, 1.82) is 0 Å². The minimum atomic E-state index is 0.865. The van der Waals surface area contributed by atoms with Gasteiger partial charge in [0, 0.05) is 0 Å². The van der Waals surface area contributed by atoms with Gasteiger partial charge in [-0.2, -0.15) is 0 Å². The summed E-state index contributed by atoms with van der Waals surface area (Å²) in [5.41, 5.74) is 2.67. The summed E-state index contributed by atoms with van der Waals surface area (Å²) in [5, 5.41) is 0. The van der Waals surface area contributed by atoms with Gasteiger partial charge in [0.15, 0.2) is 0 Å². The zero-order valence-electron chi connectivity index (χ0n) is 6.72. The highest BCUT2D eigenvalue weighted by Crippen LogP contribution is 2.09. The van der Waals surface area contributed by atoms with Crippen LogP contribution < -0.4 is 0 Å². The minimum absolute atomic E-state index is 0.865. The number of hydrogen-bond donors (Lipinski definition) is 0. The average Bonchev–Trinajstić information content (AvgIpc) is 2.06. The predicted octanol–water partition coefficient (Wildman–Crippen LogP) is 2.79. The Morgan fingerprint density at radius 3 is 2.36 bits per heavy atom. The summed E-state index contributed by atoms with van der Waals surface area (Å²) in [6, 6.07) is 8.35. The summed E-state index contributed by atoms with van der Waals surface area (Å²) in [7, 11) is 0. The molecule has 11 heavy (non-hydrogen) atoms. The zero-order valence-corrected chi connectivity index (χ0v) is 6.72. The van der Waals surface area contributed by atoms with Crippen LogP contribution in [0.4, 0.5) is 0 Å². The van der Waals surface area contributed by atoms with Crippen LogP contribution in [0.5, 0.6) is 0 Å². The molecule has 1 aromatic rings. The molecule has 0 saturated heterocycles.